The monoisotopic (exact) mass is 217 g/mol. The normalized spacial score (nSPS) is 11.2. The first-order valence-corrected chi connectivity index (χ1v) is 5.49. The fourth-order valence-electron chi connectivity index (χ4n) is 1.71. The molecule has 0 spiro atoms. The Bertz CT molecular complexity index is 572. The fourth-order valence-corrected chi connectivity index (χ4v) is 1.71. The quantitative estimate of drug-likeness (QED) is 0.772. The number of hydrogen-bond acceptors (Lipinski definition) is 3. The molecule has 2 aromatic rings. The topological polar surface area (TPSA) is 47.8 Å². The Morgan fingerprint density at radius 1 is 1.31 bits per heavy atom. The third-order valence-corrected chi connectivity index (χ3v) is 2.72. The maximum atomic E-state index is 11.6. The predicted molar refractivity (Wildman–Crippen MR) is 63.6 cm³/mol. The highest BCUT2D eigenvalue weighted by atomic mass is 16.1. The van der Waals surface area contributed by atoms with Crippen molar-refractivity contribution in [1.82, 2.24) is 14.5 Å². The van der Waals surface area contributed by atoms with Crippen molar-refractivity contribution in [3.05, 3.63) is 34.5 Å². The van der Waals surface area contributed by atoms with Crippen LogP contribution in [0, 0.1) is 0 Å². The summed E-state index contributed by atoms with van der Waals surface area (Å²) >= 11 is 0. The van der Waals surface area contributed by atoms with Crippen LogP contribution >= 0.6 is 0 Å². The van der Waals surface area contributed by atoms with Crippen molar-refractivity contribution >= 4 is 11.0 Å². The molecular formula is C12H15N3O. The molecule has 0 unspecified atom stereocenters. The summed E-state index contributed by atoms with van der Waals surface area (Å²) in [6, 6.07) is 2.03. The molecule has 0 fully saturated rings. The lowest BCUT2D eigenvalue weighted by Crippen LogP contribution is -2.22. The second kappa shape index (κ2) is 4.04. The molecule has 0 aliphatic rings. The number of rotatable bonds is 2. The second-order valence-electron chi connectivity index (χ2n) is 4.11. The van der Waals surface area contributed by atoms with E-state index in [0.29, 0.717) is 12.5 Å². The van der Waals surface area contributed by atoms with Gasteiger partial charge in [-0.3, -0.25) is 9.55 Å². The van der Waals surface area contributed by atoms with Crippen molar-refractivity contribution in [3.8, 4) is 0 Å². The van der Waals surface area contributed by atoms with Gasteiger partial charge in [0.2, 0.25) is 0 Å². The molecular weight excluding hydrogens is 202 g/mol. The standard InChI is InChI=1S/C12H15N3O/c1-4-15-11-5-9(8(2)3)6-13-10(11)7-14-12(15)16/h5-8H,4H2,1-3H3. The van der Waals surface area contributed by atoms with E-state index in [1.165, 1.54) is 6.20 Å². The van der Waals surface area contributed by atoms with Gasteiger partial charge in [0.25, 0.3) is 0 Å². The van der Waals surface area contributed by atoms with Crippen molar-refractivity contribution in [1.29, 1.82) is 0 Å². The molecule has 2 heterocycles. The van der Waals surface area contributed by atoms with Gasteiger partial charge < -0.3 is 0 Å². The molecule has 2 rings (SSSR count). The van der Waals surface area contributed by atoms with E-state index in [2.05, 4.69) is 23.8 Å². The third-order valence-electron chi connectivity index (χ3n) is 2.72. The molecule has 0 atom stereocenters. The second-order valence-corrected chi connectivity index (χ2v) is 4.11. The average Bonchev–Trinajstić information content (AvgIpc) is 2.28. The Hall–Kier alpha value is -1.71. The lowest BCUT2D eigenvalue weighted by atomic mass is 10.1. The zero-order valence-electron chi connectivity index (χ0n) is 9.77. The molecule has 0 saturated heterocycles. The minimum atomic E-state index is -0.210. The summed E-state index contributed by atoms with van der Waals surface area (Å²) in [5.41, 5.74) is 2.57. The molecule has 4 heteroatoms. The minimum absolute atomic E-state index is 0.210. The highest BCUT2D eigenvalue weighted by molar-refractivity contribution is 5.74. The predicted octanol–water partition coefficient (Wildman–Crippen LogP) is 1.93. The van der Waals surface area contributed by atoms with Crippen molar-refractivity contribution in [2.75, 3.05) is 0 Å². The van der Waals surface area contributed by atoms with Gasteiger partial charge in [-0.15, -0.1) is 0 Å². The molecule has 84 valence electrons. The maximum absolute atomic E-state index is 11.6. The molecule has 0 aliphatic heterocycles. The van der Waals surface area contributed by atoms with Crippen LogP contribution < -0.4 is 5.69 Å². The van der Waals surface area contributed by atoms with E-state index in [0.717, 1.165) is 16.6 Å². The van der Waals surface area contributed by atoms with Gasteiger partial charge in [-0.2, -0.15) is 4.98 Å². The maximum Gasteiger partial charge on any atom is 0.348 e. The number of nitrogens with zero attached hydrogens (tertiary/aromatic N) is 3. The summed E-state index contributed by atoms with van der Waals surface area (Å²) < 4.78 is 1.65. The van der Waals surface area contributed by atoms with Crippen LogP contribution in [0.1, 0.15) is 32.3 Å². The van der Waals surface area contributed by atoms with Crippen molar-refractivity contribution in [3.63, 3.8) is 0 Å². The van der Waals surface area contributed by atoms with Crippen LogP contribution in [0.15, 0.2) is 23.3 Å². The van der Waals surface area contributed by atoms with Gasteiger partial charge >= 0.3 is 5.69 Å². The molecule has 0 amide bonds. The van der Waals surface area contributed by atoms with Gasteiger partial charge in [0, 0.05) is 12.7 Å². The van der Waals surface area contributed by atoms with Gasteiger partial charge in [-0.05, 0) is 24.5 Å². The van der Waals surface area contributed by atoms with Crippen LogP contribution in [0.2, 0.25) is 0 Å². The Labute approximate surface area is 94.0 Å². The summed E-state index contributed by atoms with van der Waals surface area (Å²) in [5.74, 6) is 0.408. The minimum Gasteiger partial charge on any atom is -0.291 e. The fraction of sp³-hybridized carbons (Fsp3) is 0.417. The summed E-state index contributed by atoms with van der Waals surface area (Å²) in [4.78, 5) is 19.7. The zero-order valence-corrected chi connectivity index (χ0v) is 9.77. The Morgan fingerprint density at radius 3 is 2.69 bits per heavy atom. The van der Waals surface area contributed by atoms with Gasteiger partial charge in [-0.1, -0.05) is 13.8 Å². The highest BCUT2D eigenvalue weighted by Gasteiger charge is 2.06. The number of hydrogen-bond donors (Lipinski definition) is 0. The molecule has 2 aromatic heterocycles. The van der Waals surface area contributed by atoms with Crippen LogP contribution in [0.3, 0.4) is 0 Å². The van der Waals surface area contributed by atoms with Gasteiger partial charge in [0.15, 0.2) is 0 Å². The van der Waals surface area contributed by atoms with E-state index in [9.17, 15) is 4.79 Å². The first-order valence-electron chi connectivity index (χ1n) is 5.49. The zero-order chi connectivity index (χ0) is 11.7. The summed E-state index contributed by atoms with van der Waals surface area (Å²) in [6.07, 6.45) is 3.38. The average molecular weight is 217 g/mol. The smallest absolute Gasteiger partial charge is 0.291 e. The van der Waals surface area contributed by atoms with E-state index >= 15 is 0 Å². The molecule has 0 N–H and O–H groups in total. The van der Waals surface area contributed by atoms with Crippen molar-refractivity contribution in [2.24, 2.45) is 0 Å². The number of aryl methyl sites for hydroxylation is 1. The first kappa shape index (κ1) is 10.8. The SMILES string of the molecule is CCn1c(=O)ncc2ncc(C(C)C)cc21. The van der Waals surface area contributed by atoms with Crippen LogP contribution in [-0.2, 0) is 6.54 Å². The van der Waals surface area contributed by atoms with E-state index < -0.39 is 0 Å². The molecule has 0 aliphatic carbocycles. The summed E-state index contributed by atoms with van der Waals surface area (Å²) in [6.45, 7) is 6.77. The molecule has 0 bridgehead atoms. The number of fused-ring (bicyclic) bond motifs is 1. The van der Waals surface area contributed by atoms with Crippen LogP contribution in [0.5, 0.6) is 0 Å². The van der Waals surface area contributed by atoms with E-state index in [4.69, 9.17) is 0 Å². The van der Waals surface area contributed by atoms with Gasteiger partial charge in [-0.25, -0.2) is 4.79 Å². The Morgan fingerprint density at radius 2 is 2.06 bits per heavy atom. The van der Waals surface area contributed by atoms with E-state index in [1.807, 2.05) is 19.2 Å². The molecule has 0 saturated carbocycles. The van der Waals surface area contributed by atoms with Crippen LogP contribution in [-0.4, -0.2) is 14.5 Å². The first-order chi connectivity index (χ1) is 7.63. The largest absolute Gasteiger partial charge is 0.348 e. The Balaban J connectivity index is 2.78. The van der Waals surface area contributed by atoms with Crippen LogP contribution in [0.4, 0.5) is 0 Å². The van der Waals surface area contributed by atoms with E-state index in [1.54, 1.807) is 4.57 Å². The molecule has 0 aromatic carbocycles. The molecule has 4 nitrogen and oxygen atoms in total. The van der Waals surface area contributed by atoms with Gasteiger partial charge in [0.05, 0.1) is 11.7 Å². The van der Waals surface area contributed by atoms with Gasteiger partial charge in [0.1, 0.15) is 5.52 Å². The number of pyridine rings is 1. The lowest BCUT2D eigenvalue weighted by Gasteiger charge is -2.09. The lowest BCUT2D eigenvalue weighted by molar-refractivity contribution is 0.727. The number of aromatic nitrogens is 3. The third kappa shape index (κ3) is 1.71. The molecule has 16 heavy (non-hydrogen) atoms. The highest BCUT2D eigenvalue weighted by Crippen LogP contribution is 2.17. The summed E-state index contributed by atoms with van der Waals surface area (Å²) in [5, 5.41) is 0. The Kier molecular flexibility index (Phi) is 2.73. The van der Waals surface area contributed by atoms with Crippen molar-refractivity contribution in [2.45, 2.75) is 33.2 Å². The van der Waals surface area contributed by atoms with Crippen LogP contribution in [0.25, 0.3) is 11.0 Å². The van der Waals surface area contributed by atoms with E-state index in [-0.39, 0.29) is 5.69 Å². The van der Waals surface area contributed by atoms with Crippen molar-refractivity contribution < 1.29 is 0 Å². The summed E-state index contributed by atoms with van der Waals surface area (Å²) in [7, 11) is 0. The molecule has 0 radical (unpaired) electrons.